The summed E-state index contributed by atoms with van der Waals surface area (Å²) in [5, 5.41) is 0.544. The Morgan fingerprint density at radius 1 is 1.38 bits per heavy atom. The molecule has 3 rings (SSSR count). The molecule has 1 aliphatic rings. The van der Waals surface area contributed by atoms with Crippen molar-refractivity contribution < 1.29 is 12.8 Å². The van der Waals surface area contributed by atoms with Gasteiger partial charge in [0.2, 0.25) is 10.0 Å². The molecule has 1 N–H and O–H groups in total. The van der Waals surface area contributed by atoms with Gasteiger partial charge in [-0.2, -0.15) is 0 Å². The second-order valence-corrected chi connectivity index (χ2v) is 8.30. The monoisotopic (exact) mass is 351 g/mol. The Balaban J connectivity index is 1.71. The van der Waals surface area contributed by atoms with Crippen LogP contribution in [0.15, 0.2) is 30.5 Å². The highest BCUT2D eigenvalue weighted by atomic mass is 32.2. The fourth-order valence-electron chi connectivity index (χ4n) is 3.30. The minimum absolute atomic E-state index is 0.254. The molecule has 1 aromatic heterocycles. The van der Waals surface area contributed by atoms with E-state index in [9.17, 15) is 12.8 Å². The maximum atomic E-state index is 13.9. The molecule has 0 radical (unpaired) electrons. The lowest BCUT2D eigenvalue weighted by molar-refractivity contribution is 0.169. The number of rotatable bonds is 5. The molecule has 1 atom stereocenters. The van der Waals surface area contributed by atoms with Gasteiger partial charge in [-0.05, 0) is 49.1 Å². The molecule has 0 unspecified atom stereocenters. The van der Waals surface area contributed by atoms with Gasteiger partial charge in [0.15, 0.2) is 0 Å². The first-order valence-electron chi connectivity index (χ1n) is 8.11. The van der Waals surface area contributed by atoms with E-state index in [2.05, 4.69) is 14.6 Å². The van der Waals surface area contributed by atoms with Crippen LogP contribution in [0.4, 0.5) is 4.39 Å². The standard InChI is InChI=1S/C17H22FN3O2S/c1-24(22,23)20-10-13-4-3-9-21(11-13)12-14-6-7-16(18)15-5-2-8-19-17(14)15/h2,5-8,13,20H,3-4,9-12H2,1H3/t13-/m1/s1. The van der Waals surface area contributed by atoms with Gasteiger partial charge in [0.1, 0.15) is 5.82 Å². The number of halogens is 1. The summed E-state index contributed by atoms with van der Waals surface area (Å²) in [6.07, 6.45) is 4.91. The van der Waals surface area contributed by atoms with Crippen LogP contribution < -0.4 is 4.72 Å². The first-order chi connectivity index (χ1) is 11.4. The van der Waals surface area contributed by atoms with Crippen LogP contribution in [0.25, 0.3) is 10.9 Å². The average Bonchev–Trinajstić information content (AvgIpc) is 2.56. The number of benzene rings is 1. The first kappa shape index (κ1) is 17.3. The number of pyridine rings is 1. The highest BCUT2D eigenvalue weighted by Gasteiger charge is 2.21. The summed E-state index contributed by atoms with van der Waals surface area (Å²) >= 11 is 0. The van der Waals surface area contributed by atoms with Gasteiger partial charge in [-0.15, -0.1) is 0 Å². The molecule has 0 aliphatic carbocycles. The van der Waals surface area contributed by atoms with E-state index < -0.39 is 10.0 Å². The Morgan fingerprint density at radius 2 is 2.21 bits per heavy atom. The van der Waals surface area contributed by atoms with Crippen molar-refractivity contribution in [1.29, 1.82) is 0 Å². The minimum atomic E-state index is -3.15. The lowest BCUT2D eigenvalue weighted by Crippen LogP contribution is -2.40. The number of likely N-dealkylation sites (tertiary alicyclic amines) is 1. The number of fused-ring (bicyclic) bond motifs is 1. The third kappa shape index (κ3) is 4.28. The van der Waals surface area contributed by atoms with Crippen LogP contribution in [0.3, 0.4) is 0 Å². The van der Waals surface area contributed by atoms with E-state index in [1.54, 1.807) is 24.4 Å². The number of nitrogens with one attached hydrogen (secondary N) is 1. The van der Waals surface area contributed by atoms with Crippen molar-refractivity contribution in [3.05, 3.63) is 41.8 Å². The van der Waals surface area contributed by atoms with Crippen molar-refractivity contribution >= 4 is 20.9 Å². The van der Waals surface area contributed by atoms with Crippen molar-refractivity contribution in [3.8, 4) is 0 Å². The third-order valence-electron chi connectivity index (χ3n) is 4.43. The quantitative estimate of drug-likeness (QED) is 0.896. The van der Waals surface area contributed by atoms with Gasteiger partial charge in [-0.3, -0.25) is 9.88 Å². The van der Waals surface area contributed by atoms with E-state index in [0.717, 1.165) is 31.5 Å². The van der Waals surface area contributed by atoms with Crippen molar-refractivity contribution in [2.24, 2.45) is 5.92 Å². The predicted molar refractivity (Wildman–Crippen MR) is 92.5 cm³/mol. The van der Waals surface area contributed by atoms with Crippen LogP contribution in [0, 0.1) is 11.7 Å². The Hall–Kier alpha value is -1.57. The van der Waals surface area contributed by atoms with E-state index in [4.69, 9.17) is 0 Å². The normalized spacial score (nSPS) is 19.7. The fraction of sp³-hybridized carbons (Fsp3) is 0.471. The SMILES string of the molecule is CS(=O)(=O)NC[C@H]1CCCN(Cc2ccc(F)c3cccnc23)C1. The number of sulfonamides is 1. The maximum Gasteiger partial charge on any atom is 0.208 e. The second-order valence-electron chi connectivity index (χ2n) is 6.47. The van der Waals surface area contributed by atoms with Gasteiger partial charge in [-0.25, -0.2) is 17.5 Å². The predicted octanol–water partition coefficient (Wildman–Crippen LogP) is 2.14. The summed E-state index contributed by atoms with van der Waals surface area (Å²) in [6, 6.07) is 6.77. The van der Waals surface area contributed by atoms with E-state index in [1.807, 2.05) is 0 Å². The Bertz CT molecular complexity index is 826. The molecule has 0 spiro atoms. The smallest absolute Gasteiger partial charge is 0.208 e. The summed E-state index contributed by atoms with van der Waals surface area (Å²) in [6.45, 7) is 2.95. The van der Waals surface area contributed by atoms with E-state index in [1.165, 1.54) is 12.3 Å². The lowest BCUT2D eigenvalue weighted by Gasteiger charge is -2.32. The first-order valence-corrected chi connectivity index (χ1v) is 10.0. The Labute approximate surface area is 141 Å². The van der Waals surface area contributed by atoms with Crippen molar-refractivity contribution in [2.75, 3.05) is 25.9 Å². The summed E-state index contributed by atoms with van der Waals surface area (Å²) in [5.41, 5.74) is 1.71. The van der Waals surface area contributed by atoms with Gasteiger partial charge >= 0.3 is 0 Å². The molecule has 0 amide bonds. The summed E-state index contributed by atoms with van der Waals surface area (Å²) < 4.78 is 39.0. The molecular formula is C17H22FN3O2S. The summed E-state index contributed by atoms with van der Waals surface area (Å²) in [5.74, 6) is 0.0452. The molecule has 1 saturated heterocycles. The molecule has 130 valence electrons. The van der Waals surface area contributed by atoms with Gasteiger partial charge in [0.05, 0.1) is 11.8 Å². The van der Waals surface area contributed by atoms with E-state index in [-0.39, 0.29) is 5.82 Å². The minimum Gasteiger partial charge on any atom is -0.299 e. The van der Waals surface area contributed by atoms with E-state index >= 15 is 0 Å². The molecule has 0 bridgehead atoms. The Kier molecular flexibility index (Phi) is 5.12. The molecule has 0 saturated carbocycles. The maximum absolute atomic E-state index is 13.9. The molecular weight excluding hydrogens is 329 g/mol. The average molecular weight is 351 g/mol. The molecule has 5 nitrogen and oxygen atoms in total. The van der Waals surface area contributed by atoms with Crippen LogP contribution in [0.5, 0.6) is 0 Å². The topological polar surface area (TPSA) is 62.3 Å². The molecule has 2 heterocycles. The number of hydrogen-bond acceptors (Lipinski definition) is 4. The zero-order chi connectivity index (χ0) is 17.2. The lowest BCUT2D eigenvalue weighted by atomic mass is 9.97. The van der Waals surface area contributed by atoms with Crippen molar-refractivity contribution in [1.82, 2.24) is 14.6 Å². The molecule has 7 heteroatoms. The van der Waals surface area contributed by atoms with Crippen molar-refractivity contribution in [3.63, 3.8) is 0 Å². The van der Waals surface area contributed by atoms with Crippen LogP contribution in [0.1, 0.15) is 18.4 Å². The van der Waals surface area contributed by atoms with E-state index in [0.29, 0.717) is 29.9 Å². The number of hydrogen-bond donors (Lipinski definition) is 1. The molecule has 1 aromatic carbocycles. The second kappa shape index (κ2) is 7.13. The van der Waals surface area contributed by atoms with Gasteiger partial charge in [0, 0.05) is 31.2 Å². The molecule has 2 aromatic rings. The van der Waals surface area contributed by atoms with Crippen LogP contribution in [-0.4, -0.2) is 44.2 Å². The van der Waals surface area contributed by atoms with Gasteiger partial charge in [-0.1, -0.05) is 6.07 Å². The summed E-state index contributed by atoms with van der Waals surface area (Å²) in [4.78, 5) is 6.63. The molecule has 1 fully saturated rings. The zero-order valence-electron chi connectivity index (χ0n) is 13.7. The Morgan fingerprint density at radius 3 is 3.00 bits per heavy atom. The van der Waals surface area contributed by atoms with Crippen LogP contribution in [-0.2, 0) is 16.6 Å². The molecule has 1 aliphatic heterocycles. The van der Waals surface area contributed by atoms with Crippen LogP contribution in [0.2, 0.25) is 0 Å². The zero-order valence-corrected chi connectivity index (χ0v) is 14.5. The van der Waals surface area contributed by atoms with Gasteiger partial charge in [0.25, 0.3) is 0 Å². The largest absolute Gasteiger partial charge is 0.299 e. The van der Waals surface area contributed by atoms with Gasteiger partial charge < -0.3 is 0 Å². The van der Waals surface area contributed by atoms with Crippen molar-refractivity contribution in [2.45, 2.75) is 19.4 Å². The highest BCUT2D eigenvalue weighted by Crippen LogP contribution is 2.23. The third-order valence-corrected chi connectivity index (χ3v) is 5.12. The number of nitrogens with zero attached hydrogens (tertiary/aromatic N) is 2. The number of piperidine rings is 1. The summed E-state index contributed by atoms with van der Waals surface area (Å²) in [7, 11) is -3.15. The fourth-order valence-corrected chi connectivity index (χ4v) is 3.83. The van der Waals surface area contributed by atoms with Crippen LogP contribution >= 0.6 is 0 Å². The molecule has 24 heavy (non-hydrogen) atoms. The number of aromatic nitrogens is 1. The highest BCUT2D eigenvalue weighted by molar-refractivity contribution is 7.88.